The second-order valence-corrected chi connectivity index (χ2v) is 7.13. The minimum atomic E-state index is -0.246. The van der Waals surface area contributed by atoms with Gasteiger partial charge in [0.25, 0.3) is 0 Å². The van der Waals surface area contributed by atoms with Crippen molar-refractivity contribution in [3.63, 3.8) is 0 Å². The molecule has 1 aliphatic heterocycles. The number of nitrogens with one attached hydrogen (secondary N) is 1. The first-order chi connectivity index (χ1) is 15.0. The molecule has 8 heteroatoms. The standard InChI is InChI=1S/C23H25N5O3/c1-14-17(4-5-18-20(14)13-31-23(18)29)6-7-26-11-16(9-24)12-27-22-8-21(30-3)19(10-25)15(2)28-22/h4-5,8-9,12,26H,6-7,11,13,24H2,1-3H3. The highest BCUT2D eigenvalue weighted by molar-refractivity contribution is 5.93. The van der Waals surface area contributed by atoms with Gasteiger partial charge in [0.15, 0.2) is 5.82 Å². The molecule has 0 atom stereocenters. The fourth-order valence-electron chi connectivity index (χ4n) is 3.41. The van der Waals surface area contributed by atoms with E-state index in [-0.39, 0.29) is 5.97 Å². The number of methoxy groups -OCH3 is 1. The molecule has 8 nitrogen and oxygen atoms in total. The first-order valence-corrected chi connectivity index (χ1v) is 9.88. The summed E-state index contributed by atoms with van der Waals surface area (Å²) in [5.74, 6) is 0.637. The van der Waals surface area contributed by atoms with Crippen molar-refractivity contribution in [2.24, 2.45) is 10.7 Å². The van der Waals surface area contributed by atoms with Crippen LogP contribution in [-0.4, -0.2) is 37.4 Å². The van der Waals surface area contributed by atoms with E-state index in [1.54, 1.807) is 19.2 Å². The molecule has 160 valence electrons. The van der Waals surface area contributed by atoms with Gasteiger partial charge in [-0.1, -0.05) is 6.07 Å². The van der Waals surface area contributed by atoms with Crippen molar-refractivity contribution in [1.82, 2.24) is 10.3 Å². The Morgan fingerprint density at radius 1 is 1.45 bits per heavy atom. The summed E-state index contributed by atoms with van der Waals surface area (Å²) in [4.78, 5) is 20.3. The van der Waals surface area contributed by atoms with Crippen LogP contribution >= 0.6 is 0 Å². The summed E-state index contributed by atoms with van der Waals surface area (Å²) >= 11 is 0. The van der Waals surface area contributed by atoms with E-state index in [4.69, 9.17) is 15.2 Å². The van der Waals surface area contributed by atoms with Gasteiger partial charge in [-0.15, -0.1) is 0 Å². The van der Waals surface area contributed by atoms with Gasteiger partial charge in [-0.05, 0) is 55.8 Å². The number of hydrogen-bond acceptors (Lipinski definition) is 8. The maximum Gasteiger partial charge on any atom is 0.338 e. The van der Waals surface area contributed by atoms with Gasteiger partial charge < -0.3 is 20.5 Å². The number of aliphatic imine (C=N–C) groups is 1. The fraction of sp³-hybridized carbons (Fsp3) is 0.304. The number of benzene rings is 1. The highest BCUT2D eigenvalue weighted by Gasteiger charge is 2.23. The van der Waals surface area contributed by atoms with Crippen LogP contribution in [0.15, 0.2) is 35.0 Å². The summed E-state index contributed by atoms with van der Waals surface area (Å²) in [6.07, 6.45) is 3.95. The number of nitrogens with two attached hydrogens (primary N) is 1. The Bertz CT molecular complexity index is 1100. The number of hydrogen-bond donors (Lipinski definition) is 2. The quantitative estimate of drug-likeness (QED) is 0.383. The molecule has 3 N–H and O–H groups in total. The van der Waals surface area contributed by atoms with Gasteiger partial charge in [-0.25, -0.2) is 14.8 Å². The number of rotatable bonds is 8. The maximum atomic E-state index is 11.7. The van der Waals surface area contributed by atoms with E-state index in [0.29, 0.717) is 41.5 Å². The Hall–Kier alpha value is -3.70. The summed E-state index contributed by atoms with van der Waals surface area (Å²) in [6, 6.07) is 7.52. The van der Waals surface area contributed by atoms with Crippen LogP contribution in [0.3, 0.4) is 0 Å². The van der Waals surface area contributed by atoms with Crippen LogP contribution in [0, 0.1) is 25.2 Å². The lowest BCUT2D eigenvalue weighted by atomic mass is 9.97. The van der Waals surface area contributed by atoms with Gasteiger partial charge in [0.05, 0.1) is 18.4 Å². The molecule has 0 saturated carbocycles. The van der Waals surface area contributed by atoms with Crippen molar-refractivity contribution in [2.75, 3.05) is 20.2 Å². The monoisotopic (exact) mass is 419 g/mol. The third-order valence-corrected chi connectivity index (χ3v) is 5.24. The summed E-state index contributed by atoms with van der Waals surface area (Å²) in [5, 5.41) is 12.5. The van der Waals surface area contributed by atoms with E-state index in [0.717, 1.165) is 29.7 Å². The van der Waals surface area contributed by atoms with Gasteiger partial charge in [-0.2, -0.15) is 5.26 Å². The van der Waals surface area contributed by atoms with Crippen molar-refractivity contribution >= 4 is 18.0 Å². The molecular formula is C23H25N5O3. The normalized spacial score (nSPS) is 13.2. The van der Waals surface area contributed by atoms with Crippen LogP contribution < -0.4 is 15.8 Å². The summed E-state index contributed by atoms with van der Waals surface area (Å²) in [6.45, 7) is 5.39. The smallest absolute Gasteiger partial charge is 0.338 e. The molecule has 0 fully saturated rings. The molecule has 2 heterocycles. The number of nitriles is 1. The third-order valence-electron chi connectivity index (χ3n) is 5.24. The van der Waals surface area contributed by atoms with E-state index in [2.05, 4.69) is 21.4 Å². The summed E-state index contributed by atoms with van der Waals surface area (Å²) in [5.41, 5.74) is 11.4. The molecule has 3 rings (SSSR count). The Kier molecular flexibility index (Phi) is 7.00. The molecule has 2 aromatic rings. The number of cyclic esters (lactones) is 1. The number of aryl methyl sites for hydroxylation is 1. The third kappa shape index (κ3) is 4.90. The van der Waals surface area contributed by atoms with E-state index < -0.39 is 0 Å². The second-order valence-electron chi connectivity index (χ2n) is 7.13. The van der Waals surface area contributed by atoms with Crippen LogP contribution in [0.1, 0.15) is 38.3 Å². The van der Waals surface area contributed by atoms with Gasteiger partial charge in [0, 0.05) is 24.4 Å². The average Bonchev–Trinajstić information content (AvgIpc) is 3.15. The molecule has 0 bridgehead atoms. The van der Waals surface area contributed by atoms with Crippen LogP contribution in [-0.2, 0) is 17.8 Å². The Balaban J connectivity index is 1.57. The van der Waals surface area contributed by atoms with E-state index in [9.17, 15) is 10.1 Å². The predicted octanol–water partition coefficient (Wildman–Crippen LogP) is 2.63. The topological polar surface area (TPSA) is 123 Å². The van der Waals surface area contributed by atoms with Gasteiger partial charge >= 0.3 is 5.97 Å². The van der Waals surface area contributed by atoms with Gasteiger partial charge in [-0.3, -0.25) is 0 Å². The minimum Gasteiger partial charge on any atom is -0.495 e. The molecule has 1 aromatic carbocycles. The summed E-state index contributed by atoms with van der Waals surface area (Å²) in [7, 11) is 1.51. The zero-order valence-corrected chi connectivity index (χ0v) is 17.9. The first-order valence-electron chi connectivity index (χ1n) is 9.88. The number of pyridine rings is 1. The first kappa shape index (κ1) is 22.0. The molecule has 0 amide bonds. The largest absolute Gasteiger partial charge is 0.495 e. The lowest BCUT2D eigenvalue weighted by Crippen LogP contribution is -2.21. The minimum absolute atomic E-state index is 0.246. The van der Waals surface area contributed by atoms with Crippen molar-refractivity contribution < 1.29 is 14.3 Å². The molecular weight excluding hydrogens is 394 g/mol. The molecule has 1 aliphatic rings. The van der Waals surface area contributed by atoms with E-state index >= 15 is 0 Å². The van der Waals surface area contributed by atoms with Crippen molar-refractivity contribution in [3.05, 3.63) is 63.5 Å². The maximum absolute atomic E-state index is 11.7. The number of ether oxygens (including phenoxy) is 2. The van der Waals surface area contributed by atoms with Gasteiger partial charge in [0.1, 0.15) is 24.0 Å². The fourth-order valence-corrected chi connectivity index (χ4v) is 3.41. The number of carbonyl (C=O) groups is 1. The van der Waals surface area contributed by atoms with Crippen molar-refractivity contribution in [3.8, 4) is 11.8 Å². The molecule has 31 heavy (non-hydrogen) atoms. The average molecular weight is 419 g/mol. The van der Waals surface area contributed by atoms with Crippen LogP contribution in [0.5, 0.6) is 5.75 Å². The Labute approximate surface area is 181 Å². The number of esters is 1. The number of carbonyl (C=O) groups excluding carboxylic acids is 1. The Morgan fingerprint density at radius 3 is 2.97 bits per heavy atom. The lowest BCUT2D eigenvalue weighted by Gasteiger charge is -2.10. The zero-order chi connectivity index (χ0) is 22.4. The molecule has 0 radical (unpaired) electrons. The SMILES string of the molecule is COc1cc(N=CC(=CN)CNCCc2ccc3c(c2C)COC3=O)nc(C)c1C#N. The predicted molar refractivity (Wildman–Crippen MR) is 118 cm³/mol. The number of nitrogens with zero attached hydrogens (tertiary/aromatic N) is 3. The second kappa shape index (κ2) is 9.87. The molecule has 1 aromatic heterocycles. The van der Waals surface area contributed by atoms with Crippen LogP contribution in [0.4, 0.5) is 5.82 Å². The lowest BCUT2D eigenvalue weighted by molar-refractivity contribution is 0.0535. The molecule has 0 spiro atoms. The van der Waals surface area contributed by atoms with Crippen molar-refractivity contribution in [2.45, 2.75) is 26.9 Å². The van der Waals surface area contributed by atoms with Crippen LogP contribution in [0.25, 0.3) is 0 Å². The van der Waals surface area contributed by atoms with Gasteiger partial charge in [0.2, 0.25) is 0 Å². The molecule has 0 unspecified atom stereocenters. The Morgan fingerprint density at radius 2 is 2.26 bits per heavy atom. The molecule has 0 saturated heterocycles. The summed E-state index contributed by atoms with van der Waals surface area (Å²) < 4.78 is 10.4. The highest BCUT2D eigenvalue weighted by Crippen LogP contribution is 2.26. The number of fused-ring (bicyclic) bond motifs is 1. The zero-order valence-electron chi connectivity index (χ0n) is 17.9. The number of aromatic nitrogens is 1. The highest BCUT2D eigenvalue weighted by atomic mass is 16.5. The van der Waals surface area contributed by atoms with Crippen LogP contribution in [0.2, 0.25) is 0 Å². The van der Waals surface area contributed by atoms with E-state index in [1.807, 2.05) is 19.1 Å². The van der Waals surface area contributed by atoms with E-state index in [1.165, 1.54) is 18.9 Å². The molecule has 0 aliphatic carbocycles. The van der Waals surface area contributed by atoms with Crippen molar-refractivity contribution in [1.29, 1.82) is 5.26 Å².